The number of amides is 2. The first-order valence-corrected chi connectivity index (χ1v) is 8.39. The minimum atomic E-state index is -0.0535. The van der Waals surface area contributed by atoms with Crippen molar-refractivity contribution in [3.8, 4) is 0 Å². The fourth-order valence-corrected chi connectivity index (χ4v) is 3.29. The summed E-state index contributed by atoms with van der Waals surface area (Å²) >= 11 is 0. The zero-order chi connectivity index (χ0) is 15.4. The van der Waals surface area contributed by atoms with Gasteiger partial charge in [0.2, 0.25) is 5.91 Å². The third-order valence-electron chi connectivity index (χ3n) is 4.90. The van der Waals surface area contributed by atoms with Gasteiger partial charge in [0.15, 0.2) is 0 Å². The van der Waals surface area contributed by atoms with Crippen molar-refractivity contribution >= 4 is 11.8 Å². The molecule has 2 aliphatic rings. The molecule has 0 aromatic heterocycles. The van der Waals surface area contributed by atoms with Crippen LogP contribution >= 0.6 is 0 Å². The van der Waals surface area contributed by atoms with Gasteiger partial charge in [0.25, 0.3) is 5.91 Å². The summed E-state index contributed by atoms with van der Waals surface area (Å²) in [4.78, 5) is 26.7. The molecule has 0 spiro atoms. The normalized spacial score (nSPS) is 22.0. The predicted octanol–water partition coefficient (Wildman–Crippen LogP) is 2.60. The third-order valence-corrected chi connectivity index (χ3v) is 4.90. The second kappa shape index (κ2) is 6.95. The van der Waals surface area contributed by atoms with Gasteiger partial charge in [0, 0.05) is 30.6 Å². The highest BCUT2D eigenvalue weighted by atomic mass is 16.2. The fourth-order valence-electron chi connectivity index (χ4n) is 3.29. The number of likely N-dealkylation sites (tertiary alicyclic amines) is 1. The molecule has 2 amide bonds. The Morgan fingerprint density at radius 2 is 1.82 bits per heavy atom. The zero-order valence-corrected chi connectivity index (χ0v) is 13.0. The van der Waals surface area contributed by atoms with Gasteiger partial charge in [0.05, 0.1) is 0 Å². The van der Waals surface area contributed by atoms with Crippen molar-refractivity contribution in [1.29, 1.82) is 0 Å². The Hall–Kier alpha value is -1.84. The molecule has 2 fully saturated rings. The van der Waals surface area contributed by atoms with Crippen LogP contribution in [0.15, 0.2) is 30.3 Å². The van der Waals surface area contributed by atoms with E-state index in [0.29, 0.717) is 18.0 Å². The Labute approximate surface area is 131 Å². The number of benzene rings is 1. The molecular formula is C18H24N2O2. The predicted molar refractivity (Wildman–Crippen MR) is 85.5 cm³/mol. The molecule has 22 heavy (non-hydrogen) atoms. The van der Waals surface area contributed by atoms with Gasteiger partial charge in [-0.2, -0.15) is 0 Å². The zero-order valence-electron chi connectivity index (χ0n) is 13.0. The molecule has 1 heterocycles. The molecule has 4 nitrogen and oxygen atoms in total. The summed E-state index contributed by atoms with van der Waals surface area (Å²) < 4.78 is 0. The van der Waals surface area contributed by atoms with Gasteiger partial charge in [0.1, 0.15) is 0 Å². The van der Waals surface area contributed by atoms with Crippen LogP contribution in [0.2, 0.25) is 0 Å². The van der Waals surface area contributed by atoms with Crippen LogP contribution in [-0.2, 0) is 4.79 Å². The fraction of sp³-hybridized carbons (Fsp3) is 0.556. The molecular weight excluding hydrogens is 276 g/mol. The highest BCUT2D eigenvalue weighted by Crippen LogP contribution is 2.30. The highest BCUT2D eigenvalue weighted by molar-refractivity contribution is 5.94. The largest absolute Gasteiger partial charge is 0.350 e. The number of hydrogen-bond acceptors (Lipinski definition) is 2. The molecule has 1 aromatic carbocycles. The molecule has 118 valence electrons. The van der Waals surface area contributed by atoms with E-state index in [1.807, 2.05) is 35.2 Å². The van der Waals surface area contributed by atoms with E-state index in [-0.39, 0.29) is 17.9 Å². The molecule has 0 unspecified atom stereocenters. The number of nitrogens with zero attached hydrogens (tertiary/aromatic N) is 1. The molecule has 4 heteroatoms. The molecule has 1 atom stereocenters. The maximum Gasteiger partial charge on any atom is 0.251 e. The second-order valence-electron chi connectivity index (χ2n) is 6.39. The number of hydrogen-bond donors (Lipinski definition) is 1. The monoisotopic (exact) mass is 300 g/mol. The van der Waals surface area contributed by atoms with Gasteiger partial charge in [-0.25, -0.2) is 0 Å². The molecule has 0 bridgehead atoms. The lowest BCUT2D eigenvalue weighted by molar-refractivity contribution is -0.141. The summed E-state index contributed by atoms with van der Waals surface area (Å²) in [6.07, 6.45) is 6.48. The van der Waals surface area contributed by atoms with Crippen LogP contribution in [-0.4, -0.2) is 35.8 Å². The van der Waals surface area contributed by atoms with Crippen molar-refractivity contribution < 1.29 is 9.59 Å². The van der Waals surface area contributed by atoms with Crippen LogP contribution < -0.4 is 5.32 Å². The van der Waals surface area contributed by atoms with Crippen LogP contribution in [0.25, 0.3) is 0 Å². The van der Waals surface area contributed by atoms with E-state index in [9.17, 15) is 9.59 Å². The van der Waals surface area contributed by atoms with E-state index in [1.54, 1.807) is 0 Å². The Bertz CT molecular complexity index is 525. The third kappa shape index (κ3) is 3.32. The molecule has 1 aliphatic carbocycles. The summed E-state index contributed by atoms with van der Waals surface area (Å²) in [5, 5.41) is 3.00. The Morgan fingerprint density at radius 3 is 2.50 bits per heavy atom. The number of carbonyl (C=O) groups is 2. The number of rotatable bonds is 4. The molecule has 1 aliphatic heterocycles. The topological polar surface area (TPSA) is 49.4 Å². The van der Waals surface area contributed by atoms with Crippen LogP contribution in [0.1, 0.15) is 48.9 Å². The van der Waals surface area contributed by atoms with E-state index in [4.69, 9.17) is 0 Å². The lowest BCUT2D eigenvalue weighted by Gasteiger charge is -2.40. The van der Waals surface area contributed by atoms with Crippen molar-refractivity contribution in [3.05, 3.63) is 35.9 Å². The maximum absolute atomic E-state index is 12.5. The van der Waals surface area contributed by atoms with Gasteiger partial charge < -0.3 is 10.2 Å². The SMILES string of the molecule is O=C(NC[C@H]1CCCCN1C(=O)C1CCC1)c1ccccc1. The Morgan fingerprint density at radius 1 is 1.05 bits per heavy atom. The molecule has 1 N–H and O–H groups in total. The van der Waals surface area contributed by atoms with E-state index >= 15 is 0 Å². The lowest BCUT2D eigenvalue weighted by Crippen LogP contribution is -2.52. The van der Waals surface area contributed by atoms with Gasteiger partial charge in [-0.15, -0.1) is 0 Å². The van der Waals surface area contributed by atoms with Crippen LogP contribution in [0, 0.1) is 5.92 Å². The summed E-state index contributed by atoms with van der Waals surface area (Å²) in [7, 11) is 0. The van der Waals surface area contributed by atoms with Crippen molar-refractivity contribution in [1.82, 2.24) is 10.2 Å². The first-order chi connectivity index (χ1) is 10.8. The average molecular weight is 300 g/mol. The van der Waals surface area contributed by atoms with Crippen LogP contribution in [0.4, 0.5) is 0 Å². The summed E-state index contributed by atoms with van der Waals surface area (Å²) in [6.45, 7) is 1.41. The number of carbonyl (C=O) groups excluding carboxylic acids is 2. The van der Waals surface area contributed by atoms with Gasteiger partial charge >= 0.3 is 0 Å². The molecule has 0 radical (unpaired) electrons. The highest BCUT2D eigenvalue weighted by Gasteiger charge is 2.34. The smallest absolute Gasteiger partial charge is 0.251 e. The quantitative estimate of drug-likeness (QED) is 0.929. The molecule has 1 saturated heterocycles. The Balaban J connectivity index is 1.57. The van der Waals surface area contributed by atoms with Crippen molar-refractivity contribution in [3.63, 3.8) is 0 Å². The first kappa shape index (κ1) is 15.1. The standard InChI is InChI=1S/C18H24N2O2/c21-17(14-7-2-1-3-8-14)19-13-16-11-4-5-12-20(16)18(22)15-9-6-10-15/h1-3,7-8,15-16H,4-6,9-13H2,(H,19,21)/t16-/m1/s1. The van der Waals surface area contributed by atoms with Gasteiger partial charge in [-0.1, -0.05) is 24.6 Å². The van der Waals surface area contributed by atoms with Gasteiger partial charge in [-0.05, 0) is 44.2 Å². The number of nitrogens with one attached hydrogen (secondary N) is 1. The van der Waals surface area contributed by atoms with Crippen LogP contribution in [0.3, 0.4) is 0 Å². The molecule has 3 rings (SSSR count). The van der Waals surface area contributed by atoms with Crippen LogP contribution in [0.5, 0.6) is 0 Å². The number of piperidine rings is 1. The van der Waals surface area contributed by atoms with E-state index < -0.39 is 0 Å². The Kier molecular flexibility index (Phi) is 4.76. The second-order valence-corrected chi connectivity index (χ2v) is 6.39. The summed E-state index contributed by atoms with van der Waals surface area (Å²) in [6, 6.07) is 9.41. The minimum Gasteiger partial charge on any atom is -0.350 e. The van der Waals surface area contributed by atoms with Crippen molar-refractivity contribution in [2.75, 3.05) is 13.1 Å². The van der Waals surface area contributed by atoms with E-state index in [0.717, 1.165) is 38.6 Å². The lowest BCUT2D eigenvalue weighted by atomic mass is 9.83. The molecule has 1 aromatic rings. The average Bonchev–Trinajstić information content (AvgIpc) is 2.52. The van der Waals surface area contributed by atoms with E-state index in [1.165, 1.54) is 6.42 Å². The summed E-state index contributed by atoms with van der Waals surface area (Å²) in [5.41, 5.74) is 0.676. The molecule has 1 saturated carbocycles. The summed E-state index contributed by atoms with van der Waals surface area (Å²) in [5.74, 6) is 0.498. The van der Waals surface area contributed by atoms with Crippen molar-refractivity contribution in [2.24, 2.45) is 5.92 Å². The first-order valence-electron chi connectivity index (χ1n) is 8.39. The van der Waals surface area contributed by atoms with Gasteiger partial charge in [-0.3, -0.25) is 9.59 Å². The van der Waals surface area contributed by atoms with E-state index in [2.05, 4.69) is 5.32 Å². The van der Waals surface area contributed by atoms with Crippen molar-refractivity contribution in [2.45, 2.75) is 44.6 Å². The maximum atomic E-state index is 12.5. The minimum absolute atomic E-state index is 0.0535.